The minimum atomic E-state index is -5.92. The highest BCUT2D eigenvalue weighted by atomic mass is 19.4. The van der Waals surface area contributed by atoms with Gasteiger partial charge in [-0.2, -0.15) is 22.0 Å². The maximum Gasteiger partial charge on any atom is 0.456 e. The van der Waals surface area contributed by atoms with Crippen molar-refractivity contribution in [3.05, 3.63) is 81.9 Å². The van der Waals surface area contributed by atoms with Crippen LogP contribution in [0.3, 0.4) is 0 Å². The summed E-state index contributed by atoms with van der Waals surface area (Å²) < 4.78 is 90.4. The highest BCUT2D eigenvalue weighted by molar-refractivity contribution is 5.90. The van der Waals surface area contributed by atoms with Gasteiger partial charge in [-0.15, -0.1) is 0 Å². The molecule has 1 aliphatic heterocycles. The lowest BCUT2D eigenvalue weighted by Crippen LogP contribution is -2.65. The number of allylic oxidation sites excluding steroid dienone is 1. The summed E-state index contributed by atoms with van der Waals surface area (Å²) in [6.07, 6.45) is -1.18. The van der Waals surface area contributed by atoms with Crippen molar-refractivity contribution in [2.45, 2.75) is 107 Å². The number of alkyl halides is 5. The van der Waals surface area contributed by atoms with E-state index >= 15 is 8.78 Å². The molecule has 4 fully saturated rings. The van der Waals surface area contributed by atoms with E-state index < -0.39 is 58.7 Å². The molecule has 11 heteroatoms. The summed E-state index contributed by atoms with van der Waals surface area (Å²) >= 11 is 0. The molecule has 3 saturated carbocycles. The molecule has 1 saturated heterocycles. The molecule has 2 aromatic rings. The minimum absolute atomic E-state index is 0.0252. The average Bonchev–Trinajstić information content (AvgIpc) is 3.38. The number of carbonyl (C=O) groups is 1. The molecule has 0 radical (unpaired) electrons. The number of ether oxygens (including phenoxy) is 3. The standard InChI is InChI=1S/C41H47F5O6/c1-35(2)23-51-38(52-24-35)18-15-32-33-29(14-17-37(32,48)22-38)31-16-19-39(49,40(42,43)41(44,45)46)36(31,3)21-30(33)27-12-10-25(11-13-27)8-9-26-6-5-7-28(20-26)34(47)50-4/h5-13,20,29-31,48-49H,14-19,21-24H2,1-4H3/t29?,30-,31?,36+,37?,39+/m1/s1. The van der Waals surface area contributed by atoms with E-state index in [2.05, 4.69) is 0 Å². The van der Waals surface area contributed by atoms with Crippen molar-refractivity contribution in [3.8, 4) is 0 Å². The van der Waals surface area contributed by atoms with Crippen LogP contribution in [-0.4, -0.2) is 65.6 Å². The first-order valence-electron chi connectivity index (χ1n) is 18.1. The Bertz CT molecular complexity index is 1770. The van der Waals surface area contributed by atoms with Crippen molar-refractivity contribution >= 4 is 18.1 Å². The van der Waals surface area contributed by atoms with Crippen LogP contribution in [-0.2, 0) is 14.2 Å². The van der Waals surface area contributed by atoms with Gasteiger partial charge in [-0.05, 0) is 84.8 Å². The van der Waals surface area contributed by atoms with Crippen LogP contribution < -0.4 is 0 Å². The fourth-order valence-corrected chi connectivity index (χ4v) is 10.2. The van der Waals surface area contributed by atoms with Crippen molar-refractivity contribution in [3.63, 3.8) is 0 Å². The number of halogens is 5. The van der Waals surface area contributed by atoms with E-state index in [0.29, 0.717) is 44.5 Å². The van der Waals surface area contributed by atoms with Gasteiger partial charge in [0.1, 0.15) is 5.60 Å². The highest BCUT2D eigenvalue weighted by Crippen LogP contribution is 2.71. The summed E-state index contributed by atoms with van der Waals surface area (Å²) in [7, 11) is 1.31. The fourth-order valence-electron chi connectivity index (χ4n) is 10.2. The number of carbonyl (C=O) groups excluding carboxylic acids is 1. The highest BCUT2D eigenvalue weighted by Gasteiger charge is 2.79. The Hall–Kier alpha value is -3.12. The van der Waals surface area contributed by atoms with Gasteiger partial charge in [0.15, 0.2) is 5.79 Å². The average molecular weight is 731 g/mol. The molecule has 0 aromatic heterocycles. The smallest absolute Gasteiger partial charge is 0.456 e. The second kappa shape index (κ2) is 12.5. The third-order valence-corrected chi connectivity index (χ3v) is 13.0. The molecule has 4 aliphatic carbocycles. The van der Waals surface area contributed by atoms with Gasteiger partial charge in [-0.25, -0.2) is 4.79 Å². The maximum atomic E-state index is 15.5. The molecular weight excluding hydrogens is 683 g/mol. The largest absolute Gasteiger partial charge is 0.465 e. The summed E-state index contributed by atoms with van der Waals surface area (Å²) in [5.74, 6) is -8.35. The van der Waals surface area contributed by atoms with Gasteiger partial charge < -0.3 is 24.4 Å². The molecule has 282 valence electrons. The number of rotatable bonds is 5. The number of hydrogen-bond acceptors (Lipinski definition) is 6. The van der Waals surface area contributed by atoms with E-state index in [0.717, 1.165) is 27.8 Å². The molecule has 2 N–H and O–H groups in total. The number of aliphatic hydroxyl groups is 2. The summed E-state index contributed by atoms with van der Waals surface area (Å²) in [5, 5.41) is 24.0. The van der Waals surface area contributed by atoms with Gasteiger partial charge in [-0.3, -0.25) is 0 Å². The van der Waals surface area contributed by atoms with Crippen molar-refractivity contribution in [2.24, 2.45) is 22.7 Å². The molecule has 0 amide bonds. The van der Waals surface area contributed by atoms with Crippen LogP contribution in [0, 0.1) is 22.7 Å². The first kappa shape index (κ1) is 37.2. The van der Waals surface area contributed by atoms with Crippen molar-refractivity contribution in [2.75, 3.05) is 20.3 Å². The Morgan fingerprint density at radius 1 is 0.904 bits per heavy atom. The van der Waals surface area contributed by atoms with Crippen LogP contribution in [0.25, 0.3) is 12.2 Å². The quantitative estimate of drug-likeness (QED) is 0.138. The van der Waals surface area contributed by atoms with E-state index in [9.17, 15) is 28.2 Å². The number of hydrogen-bond donors (Lipinski definition) is 2. The third kappa shape index (κ3) is 5.85. The van der Waals surface area contributed by atoms with Crippen LogP contribution in [0.5, 0.6) is 0 Å². The van der Waals surface area contributed by atoms with Gasteiger partial charge in [-0.1, -0.05) is 74.9 Å². The number of fused-ring (bicyclic) bond motifs is 4. The Labute approximate surface area is 301 Å². The Morgan fingerprint density at radius 3 is 2.23 bits per heavy atom. The van der Waals surface area contributed by atoms with E-state index in [4.69, 9.17) is 14.2 Å². The molecule has 7 rings (SSSR count). The summed E-state index contributed by atoms with van der Waals surface area (Å²) in [6, 6.07) is 14.4. The first-order chi connectivity index (χ1) is 24.3. The van der Waals surface area contributed by atoms with Gasteiger partial charge in [0.2, 0.25) is 0 Å². The topological polar surface area (TPSA) is 85.2 Å². The molecule has 0 bridgehead atoms. The fraction of sp³-hybridized carbons (Fsp3) is 0.585. The van der Waals surface area contributed by atoms with Crippen LogP contribution in [0.15, 0.2) is 59.7 Å². The predicted octanol–water partition coefficient (Wildman–Crippen LogP) is 8.87. The van der Waals surface area contributed by atoms with Crippen LogP contribution in [0.1, 0.15) is 105 Å². The molecular formula is C41H47F5O6. The van der Waals surface area contributed by atoms with Crippen molar-refractivity contribution in [1.29, 1.82) is 0 Å². The van der Waals surface area contributed by atoms with E-state index in [1.54, 1.807) is 18.2 Å². The van der Waals surface area contributed by atoms with Gasteiger partial charge in [0, 0.05) is 29.6 Å². The maximum absolute atomic E-state index is 15.5. The van der Waals surface area contributed by atoms with E-state index in [-0.39, 0.29) is 30.6 Å². The molecule has 1 spiro atoms. The zero-order chi connectivity index (χ0) is 37.5. The first-order valence-corrected chi connectivity index (χ1v) is 18.1. The van der Waals surface area contributed by atoms with Crippen molar-refractivity contribution < 1.29 is 51.2 Å². The molecule has 6 atom stereocenters. The molecule has 2 aromatic carbocycles. The number of benzene rings is 2. The third-order valence-electron chi connectivity index (χ3n) is 13.0. The lowest BCUT2D eigenvalue weighted by Gasteiger charge is -2.59. The normalized spacial score (nSPS) is 34.2. The van der Waals surface area contributed by atoms with Crippen LogP contribution in [0.4, 0.5) is 22.0 Å². The SMILES string of the molecule is COC(=O)c1cccc(C=Cc2ccc([C@H]3C[C@@]4(C)C(CC[C@@]4(O)C(F)(F)C(F)(F)F)C4CCC5(O)CC6(CCC5=C43)OCC(C)(C)CO6)cc2)c1. The summed E-state index contributed by atoms with van der Waals surface area (Å²) in [6.45, 7) is 6.47. The summed E-state index contributed by atoms with van der Waals surface area (Å²) in [4.78, 5) is 12.0. The lowest BCUT2D eigenvalue weighted by atomic mass is 9.49. The lowest BCUT2D eigenvalue weighted by molar-refractivity contribution is -0.362. The molecule has 5 aliphatic rings. The molecule has 1 heterocycles. The second-order valence-electron chi connectivity index (χ2n) is 16.8. The van der Waals surface area contributed by atoms with Gasteiger partial charge in [0.25, 0.3) is 0 Å². The minimum Gasteiger partial charge on any atom is -0.465 e. The van der Waals surface area contributed by atoms with E-state index in [1.165, 1.54) is 14.0 Å². The zero-order valence-corrected chi connectivity index (χ0v) is 30.0. The number of esters is 1. The Kier molecular flexibility index (Phi) is 8.92. The number of methoxy groups -OCH3 is 1. The van der Waals surface area contributed by atoms with Gasteiger partial charge in [0.05, 0.1) is 31.5 Å². The van der Waals surface area contributed by atoms with Crippen molar-refractivity contribution in [1.82, 2.24) is 0 Å². The van der Waals surface area contributed by atoms with Crippen LogP contribution in [0.2, 0.25) is 0 Å². The second-order valence-corrected chi connectivity index (χ2v) is 16.8. The van der Waals surface area contributed by atoms with Crippen LogP contribution >= 0.6 is 0 Å². The zero-order valence-electron chi connectivity index (χ0n) is 30.0. The Balaban J connectivity index is 1.27. The van der Waals surface area contributed by atoms with Gasteiger partial charge >= 0.3 is 18.1 Å². The predicted molar refractivity (Wildman–Crippen MR) is 184 cm³/mol. The summed E-state index contributed by atoms with van der Waals surface area (Å²) in [5.41, 5.74) is -2.10. The monoisotopic (exact) mass is 730 g/mol. The molecule has 52 heavy (non-hydrogen) atoms. The molecule has 6 nitrogen and oxygen atoms in total. The Morgan fingerprint density at radius 2 is 1.58 bits per heavy atom. The van der Waals surface area contributed by atoms with E-state index in [1.807, 2.05) is 56.3 Å². The molecule has 3 unspecified atom stereocenters.